The normalized spacial score (nSPS) is 36.0. The highest BCUT2D eigenvalue weighted by molar-refractivity contribution is 5.83. The molecule has 1 amide bonds. The number of halogens is 3. The Morgan fingerprint density at radius 1 is 1.30 bits per heavy atom. The van der Waals surface area contributed by atoms with Crippen LogP contribution < -0.4 is 10.7 Å². The molecule has 0 aliphatic carbocycles. The van der Waals surface area contributed by atoms with E-state index in [0.29, 0.717) is 0 Å². The summed E-state index contributed by atoms with van der Waals surface area (Å²) in [5.41, 5.74) is 0.254. The molecule has 0 radical (unpaired) electrons. The Bertz CT molecular complexity index is 356. The molecule has 3 atom stereocenters. The van der Waals surface area contributed by atoms with Crippen molar-refractivity contribution < 1.29 is 18.0 Å². The van der Waals surface area contributed by atoms with Gasteiger partial charge in [0, 0.05) is 18.6 Å². The van der Waals surface area contributed by atoms with Gasteiger partial charge in [0.2, 0.25) is 0 Å². The molecular formula is C13H22F3N3O. The van der Waals surface area contributed by atoms with Crippen molar-refractivity contribution in [2.45, 2.75) is 57.8 Å². The quantitative estimate of drug-likeness (QED) is 0.816. The fraction of sp³-hybridized carbons (Fsp3) is 0.923. The van der Waals surface area contributed by atoms with Crippen molar-refractivity contribution >= 4 is 5.91 Å². The molecule has 0 aromatic carbocycles. The molecule has 2 heterocycles. The van der Waals surface area contributed by atoms with Gasteiger partial charge in [0.25, 0.3) is 5.91 Å². The van der Waals surface area contributed by atoms with E-state index in [1.807, 2.05) is 13.8 Å². The van der Waals surface area contributed by atoms with E-state index in [0.717, 1.165) is 19.3 Å². The van der Waals surface area contributed by atoms with Crippen molar-refractivity contribution in [2.75, 3.05) is 13.1 Å². The molecule has 2 aliphatic rings. The molecule has 2 rings (SSSR count). The molecule has 0 aromatic rings. The fourth-order valence-electron chi connectivity index (χ4n) is 3.12. The van der Waals surface area contributed by atoms with Crippen LogP contribution in [0.4, 0.5) is 13.2 Å². The molecule has 2 aliphatic heterocycles. The first-order chi connectivity index (χ1) is 9.28. The first kappa shape index (κ1) is 15.6. The standard InChI is InChI=1S/C13H22F3N3O/c1-9-4-3-5-10(2)19(9)18-11(20)12(13(14,15)16)6-7-17-8-12/h9-10,17H,3-8H2,1-2H3,(H,18,20). The van der Waals surface area contributed by atoms with Crippen LogP contribution in [0.25, 0.3) is 0 Å². The van der Waals surface area contributed by atoms with Crippen LogP contribution in [0, 0.1) is 5.41 Å². The van der Waals surface area contributed by atoms with E-state index in [1.54, 1.807) is 5.01 Å². The number of hydrazine groups is 1. The highest BCUT2D eigenvalue weighted by atomic mass is 19.4. The second-order valence-corrected chi connectivity index (χ2v) is 5.98. The molecule has 2 N–H and O–H groups in total. The third kappa shape index (κ3) is 2.65. The zero-order chi connectivity index (χ0) is 15.0. The number of nitrogens with one attached hydrogen (secondary N) is 2. The Labute approximate surface area is 117 Å². The average Bonchev–Trinajstić information content (AvgIpc) is 2.83. The minimum absolute atomic E-state index is 0.0716. The summed E-state index contributed by atoms with van der Waals surface area (Å²) in [5, 5.41) is 4.35. The van der Waals surface area contributed by atoms with E-state index in [9.17, 15) is 18.0 Å². The van der Waals surface area contributed by atoms with Crippen LogP contribution in [0.2, 0.25) is 0 Å². The van der Waals surface area contributed by atoms with Gasteiger partial charge < -0.3 is 5.32 Å². The van der Waals surface area contributed by atoms with E-state index < -0.39 is 17.5 Å². The van der Waals surface area contributed by atoms with Crippen molar-refractivity contribution in [3.05, 3.63) is 0 Å². The lowest BCUT2D eigenvalue weighted by molar-refractivity contribution is -0.219. The van der Waals surface area contributed by atoms with Gasteiger partial charge in [0.05, 0.1) is 0 Å². The molecule has 7 heteroatoms. The highest BCUT2D eigenvalue weighted by Crippen LogP contribution is 2.43. The van der Waals surface area contributed by atoms with Crippen molar-refractivity contribution in [3.8, 4) is 0 Å². The maximum Gasteiger partial charge on any atom is 0.404 e. The molecule has 0 aromatic heterocycles. The van der Waals surface area contributed by atoms with Crippen LogP contribution in [0.5, 0.6) is 0 Å². The Kier molecular flexibility index (Phi) is 4.30. The van der Waals surface area contributed by atoms with Gasteiger partial charge in [-0.2, -0.15) is 13.2 Å². The molecule has 0 spiro atoms. The van der Waals surface area contributed by atoms with Gasteiger partial charge in [-0.15, -0.1) is 0 Å². The van der Waals surface area contributed by atoms with Crippen molar-refractivity contribution in [2.24, 2.45) is 5.41 Å². The lowest BCUT2D eigenvalue weighted by Gasteiger charge is -2.41. The van der Waals surface area contributed by atoms with Gasteiger partial charge in [-0.3, -0.25) is 10.2 Å². The van der Waals surface area contributed by atoms with Gasteiger partial charge in [0.15, 0.2) is 5.41 Å². The summed E-state index contributed by atoms with van der Waals surface area (Å²) in [6.45, 7) is 3.75. The third-order valence-electron chi connectivity index (χ3n) is 4.56. The van der Waals surface area contributed by atoms with Crippen LogP contribution in [0.15, 0.2) is 0 Å². The molecule has 20 heavy (non-hydrogen) atoms. The van der Waals surface area contributed by atoms with Crippen LogP contribution in [-0.2, 0) is 4.79 Å². The summed E-state index contributed by atoms with van der Waals surface area (Å²) in [6.07, 6.45) is -1.90. The highest BCUT2D eigenvalue weighted by Gasteiger charge is 2.61. The topological polar surface area (TPSA) is 44.4 Å². The SMILES string of the molecule is CC1CCCC(C)N1NC(=O)C1(C(F)(F)F)CCNC1. The molecule has 2 fully saturated rings. The number of carbonyl (C=O) groups is 1. The molecule has 2 saturated heterocycles. The number of nitrogens with zero attached hydrogens (tertiary/aromatic N) is 1. The molecule has 0 saturated carbocycles. The van der Waals surface area contributed by atoms with Gasteiger partial charge in [-0.1, -0.05) is 6.42 Å². The van der Waals surface area contributed by atoms with Gasteiger partial charge in [-0.25, -0.2) is 5.01 Å². The molecule has 0 bridgehead atoms. The van der Waals surface area contributed by atoms with Gasteiger partial charge in [-0.05, 0) is 39.7 Å². The average molecular weight is 293 g/mol. The van der Waals surface area contributed by atoms with Crippen molar-refractivity contribution in [1.29, 1.82) is 0 Å². The zero-order valence-electron chi connectivity index (χ0n) is 11.9. The third-order valence-corrected chi connectivity index (χ3v) is 4.56. The summed E-state index contributed by atoms with van der Waals surface area (Å²) in [5.74, 6) is -0.921. The van der Waals surface area contributed by atoms with Gasteiger partial charge >= 0.3 is 6.18 Å². The second kappa shape index (κ2) is 5.52. The zero-order valence-corrected chi connectivity index (χ0v) is 11.9. The fourth-order valence-corrected chi connectivity index (χ4v) is 3.12. The van der Waals surface area contributed by atoms with E-state index in [4.69, 9.17) is 0 Å². The summed E-state index contributed by atoms with van der Waals surface area (Å²) in [6, 6.07) is 0.143. The number of piperidine rings is 1. The van der Waals surface area contributed by atoms with E-state index in [2.05, 4.69) is 10.7 Å². The monoisotopic (exact) mass is 293 g/mol. The summed E-state index contributed by atoms with van der Waals surface area (Å²) < 4.78 is 39.9. The lowest BCUT2D eigenvalue weighted by Crippen LogP contribution is -2.61. The second-order valence-electron chi connectivity index (χ2n) is 5.98. The number of amides is 1. The largest absolute Gasteiger partial charge is 0.404 e. The Balaban J connectivity index is 2.13. The summed E-state index contributed by atoms with van der Waals surface area (Å²) in [4.78, 5) is 12.3. The van der Waals surface area contributed by atoms with E-state index in [-0.39, 0.29) is 31.6 Å². The van der Waals surface area contributed by atoms with Crippen molar-refractivity contribution in [1.82, 2.24) is 15.8 Å². The maximum absolute atomic E-state index is 13.3. The Morgan fingerprint density at radius 2 is 1.90 bits per heavy atom. The summed E-state index contributed by atoms with van der Waals surface area (Å²) >= 11 is 0. The minimum atomic E-state index is -4.52. The Hall–Kier alpha value is -0.820. The number of alkyl halides is 3. The van der Waals surface area contributed by atoms with Crippen LogP contribution in [0.1, 0.15) is 39.5 Å². The minimum Gasteiger partial charge on any atom is -0.315 e. The molecule has 116 valence electrons. The van der Waals surface area contributed by atoms with E-state index >= 15 is 0 Å². The van der Waals surface area contributed by atoms with E-state index in [1.165, 1.54) is 0 Å². The van der Waals surface area contributed by atoms with Crippen LogP contribution in [-0.4, -0.2) is 42.3 Å². The van der Waals surface area contributed by atoms with Crippen molar-refractivity contribution in [3.63, 3.8) is 0 Å². The number of carbonyl (C=O) groups excluding carboxylic acids is 1. The van der Waals surface area contributed by atoms with Gasteiger partial charge in [0.1, 0.15) is 0 Å². The summed E-state index contributed by atoms with van der Waals surface area (Å²) in [7, 11) is 0. The smallest absolute Gasteiger partial charge is 0.315 e. The molecule has 4 nitrogen and oxygen atoms in total. The molecular weight excluding hydrogens is 271 g/mol. The predicted octanol–water partition coefficient (Wildman–Crippen LogP) is 1.82. The Morgan fingerprint density at radius 3 is 2.35 bits per heavy atom. The lowest BCUT2D eigenvalue weighted by atomic mass is 9.85. The number of hydrogen-bond donors (Lipinski definition) is 2. The first-order valence-electron chi connectivity index (χ1n) is 7.15. The predicted molar refractivity (Wildman–Crippen MR) is 68.7 cm³/mol. The molecule has 3 unspecified atom stereocenters. The number of hydrogen-bond acceptors (Lipinski definition) is 3. The van der Waals surface area contributed by atoms with Crippen LogP contribution >= 0.6 is 0 Å². The first-order valence-corrected chi connectivity index (χ1v) is 7.15. The number of rotatable bonds is 2. The van der Waals surface area contributed by atoms with Crippen LogP contribution in [0.3, 0.4) is 0 Å². The maximum atomic E-state index is 13.3.